The Morgan fingerprint density at radius 1 is 1.33 bits per heavy atom. The van der Waals surface area contributed by atoms with Gasteiger partial charge in [-0.05, 0) is 36.5 Å². The number of rotatable bonds is 7. The number of aliphatic carboxylic acids is 1. The number of hydrogen-bond donors (Lipinski definition) is 2. The molecule has 0 spiro atoms. The van der Waals surface area contributed by atoms with Crippen LogP contribution in [0.2, 0.25) is 0 Å². The lowest BCUT2D eigenvalue weighted by atomic mass is 10.1. The van der Waals surface area contributed by atoms with Gasteiger partial charge in [-0.3, -0.25) is 4.79 Å². The Labute approximate surface area is 108 Å². The minimum absolute atomic E-state index is 0.335. The molecule has 18 heavy (non-hydrogen) atoms. The highest BCUT2D eigenvalue weighted by molar-refractivity contribution is 5.73. The summed E-state index contributed by atoms with van der Waals surface area (Å²) >= 11 is 0. The van der Waals surface area contributed by atoms with Crippen molar-refractivity contribution in [2.24, 2.45) is 11.7 Å². The van der Waals surface area contributed by atoms with Gasteiger partial charge in [-0.15, -0.1) is 0 Å². The van der Waals surface area contributed by atoms with Crippen LogP contribution in [0.3, 0.4) is 0 Å². The van der Waals surface area contributed by atoms with Crippen molar-refractivity contribution in [2.75, 3.05) is 6.61 Å². The summed E-state index contributed by atoms with van der Waals surface area (Å²) in [7, 11) is 0. The smallest absolute Gasteiger partial charge is 0.320 e. The predicted octanol–water partition coefficient (Wildman–Crippen LogP) is 2.07. The quantitative estimate of drug-likeness (QED) is 0.778. The first-order valence-corrected chi connectivity index (χ1v) is 6.19. The molecule has 0 fully saturated rings. The van der Waals surface area contributed by atoms with E-state index in [0.29, 0.717) is 18.9 Å². The molecule has 1 aromatic carbocycles. The first-order valence-electron chi connectivity index (χ1n) is 6.19. The van der Waals surface area contributed by atoms with Crippen molar-refractivity contribution in [3.63, 3.8) is 0 Å². The summed E-state index contributed by atoms with van der Waals surface area (Å²) in [6, 6.07) is 6.56. The Morgan fingerprint density at radius 2 is 1.94 bits per heavy atom. The normalized spacial score (nSPS) is 12.4. The Morgan fingerprint density at radius 3 is 2.44 bits per heavy atom. The van der Waals surface area contributed by atoms with Gasteiger partial charge in [0.1, 0.15) is 11.8 Å². The Kier molecular flexibility index (Phi) is 5.65. The first-order chi connectivity index (χ1) is 8.49. The second-order valence-electron chi connectivity index (χ2n) is 4.82. The molecule has 0 aliphatic carbocycles. The molecular formula is C14H21NO3. The number of carbonyl (C=O) groups is 1. The maximum Gasteiger partial charge on any atom is 0.320 e. The van der Waals surface area contributed by atoms with Crippen molar-refractivity contribution in [2.45, 2.75) is 32.7 Å². The highest BCUT2D eigenvalue weighted by Crippen LogP contribution is 2.14. The van der Waals surface area contributed by atoms with E-state index >= 15 is 0 Å². The fraction of sp³-hybridized carbons (Fsp3) is 0.500. The maximum absolute atomic E-state index is 10.6. The summed E-state index contributed by atoms with van der Waals surface area (Å²) in [6.07, 6.45) is 1.35. The molecule has 0 aromatic heterocycles. The lowest BCUT2D eigenvalue weighted by molar-refractivity contribution is -0.138. The van der Waals surface area contributed by atoms with Crippen molar-refractivity contribution in [1.82, 2.24) is 0 Å². The van der Waals surface area contributed by atoms with E-state index in [1.54, 1.807) is 0 Å². The van der Waals surface area contributed by atoms with Gasteiger partial charge in [0.15, 0.2) is 0 Å². The van der Waals surface area contributed by atoms with Crippen LogP contribution in [-0.4, -0.2) is 23.7 Å². The number of ether oxygens (including phenoxy) is 1. The molecule has 1 rings (SSSR count). The maximum atomic E-state index is 10.6. The summed E-state index contributed by atoms with van der Waals surface area (Å²) in [5, 5.41) is 8.72. The van der Waals surface area contributed by atoms with E-state index in [1.807, 2.05) is 24.3 Å². The monoisotopic (exact) mass is 251 g/mol. The Hall–Kier alpha value is -1.55. The second kappa shape index (κ2) is 7.01. The number of carboxylic acid groups (broad SMARTS) is 1. The molecule has 1 atom stereocenters. The molecule has 4 heteroatoms. The van der Waals surface area contributed by atoms with Gasteiger partial charge >= 0.3 is 5.97 Å². The van der Waals surface area contributed by atoms with E-state index < -0.39 is 12.0 Å². The van der Waals surface area contributed by atoms with Gasteiger partial charge in [-0.1, -0.05) is 26.0 Å². The second-order valence-corrected chi connectivity index (χ2v) is 4.82. The largest absolute Gasteiger partial charge is 0.494 e. The van der Waals surface area contributed by atoms with Crippen molar-refractivity contribution >= 4 is 5.97 Å². The van der Waals surface area contributed by atoms with Gasteiger partial charge in [0.2, 0.25) is 0 Å². The van der Waals surface area contributed by atoms with Crippen LogP contribution in [0.5, 0.6) is 5.75 Å². The van der Waals surface area contributed by atoms with Crippen LogP contribution >= 0.6 is 0 Å². The minimum Gasteiger partial charge on any atom is -0.494 e. The third kappa shape index (κ3) is 5.19. The molecule has 0 heterocycles. The molecule has 4 nitrogen and oxygen atoms in total. The summed E-state index contributed by atoms with van der Waals surface area (Å²) in [5.74, 6) is 0.452. The van der Waals surface area contributed by atoms with Crippen LogP contribution < -0.4 is 10.5 Å². The summed E-state index contributed by atoms with van der Waals surface area (Å²) in [4.78, 5) is 10.6. The summed E-state index contributed by atoms with van der Waals surface area (Å²) < 4.78 is 5.58. The van der Waals surface area contributed by atoms with Crippen molar-refractivity contribution in [3.05, 3.63) is 29.8 Å². The van der Waals surface area contributed by atoms with Gasteiger partial charge in [-0.25, -0.2) is 0 Å². The van der Waals surface area contributed by atoms with Gasteiger partial charge in [0.25, 0.3) is 0 Å². The number of carboxylic acids is 1. The van der Waals surface area contributed by atoms with Gasteiger partial charge in [0.05, 0.1) is 6.61 Å². The first kappa shape index (κ1) is 14.5. The molecule has 0 amide bonds. The molecule has 1 unspecified atom stereocenters. The van der Waals surface area contributed by atoms with E-state index in [9.17, 15) is 4.79 Å². The van der Waals surface area contributed by atoms with Crippen LogP contribution in [0.1, 0.15) is 25.8 Å². The highest BCUT2D eigenvalue weighted by atomic mass is 16.5. The number of nitrogens with two attached hydrogens (primary N) is 1. The molecule has 0 aliphatic heterocycles. The van der Waals surface area contributed by atoms with E-state index in [4.69, 9.17) is 15.6 Å². The van der Waals surface area contributed by atoms with E-state index in [0.717, 1.165) is 17.7 Å². The van der Waals surface area contributed by atoms with Crippen molar-refractivity contribution in [1.29, 1.82) is 0 Å². The fourth-order valence-electron chi connectivity index (χ4n) is 1.48. The third-order valence-electron chi connectivity index (χ3n) is 2.66. The van der Waals surface area contributed by atoms with Crippen LogP contribution in [0.25, 0.3) is 0 Å². The van der Waals surface area contributed by atoms with Crippen LogP contribution in [0, 0.1) is 5.92 Å². The zero-order valence-corrected chi connectivity index (χ0v) is 10.9. The fourth-order valence-corrected chi connectivity index (χ4v) is 1.48. The zero-order chi connectivity index (χ0) is 13.5. The molecule has 0 saturated heterocycles. The van der Waals surface area contributed by atoms with Gasteiger partial charge in [-0.2, -0.15) is 0 Å². The van der Waals surface area contributed by atoms with Crippen molar-refractivity contribution < 1.29 is 14.6 Å². The van der Waals surface area contributed by atoms with Crippen LogP contribution in [0.4, 0.5) is 0 Å². The standard InChI is InChI=1S/C14H21NO3/c1-10(2)7-8-18-12-5-3-11(4-6-12)9-13(15)14(16)17/h3-6,10,13H,7-9,15H2,1-2H3,(H,16,17). The molecule has 0 aliphatic rings. The minimum atomic E-state index is -0.979. The summed E-state index contributed by atoms with van der Waals surface area (Å²) in [5.41, 5.74) is 6.37. The third-order valence-corrected chi connectivity index (χ3v) is 2.66. The zero-order valence-electron chi connectivity index (χ0n) is 10.9. The van der Waals surface area contributed by atoms with Gasteiger partial charge < -0.3 is 15.6 Å². The average Bonchev–Trinajstić information content (AvgIpc) is 2.30. The van der Waals surface area contributed by atoms with Crippen LogP contribution in [-0.2, 0) is 11.2 Å². The number of hydrogen-bond acceptors (Lipinski definition) is 3. The molecule has 1 aromatic rings. The Balaban J connectivity index is 2.44. The van der Waals surface area contributed by atoms with E-state index in [1.165, 1.54) is 0 Å². The molecule has 3 N–H and O–H groups in total. The SMILES string of the molecule is CC(C)CCOc1ccc(CC(N)C(=O)O)cc1. The van der Waals surface area contributed by atoms with Crippen molar-refractivity contribution in [3.8, 4) is 5.75 Å². The predicted molar refractivity (Wildman–Crippen MR) is 70.7 cm³/mol. The molecular weight excluding hydrogens is 230 g/mol. The Bertz CT molecular complexity index is 373. The molecule has 0 bridgehead atoms. The highest BCUT2D eigenvalue weighted by Gasteiger charge is 2.11. The topological polar surface area (TPSA) is 72.5 Å². The molecule has 100 valence electrons. The molecule has 0 saturated carbocycles. The van der Waals surface area contributed by atoms with E-state index in [2.05, 4.69) is 13.8 Å². The molecule has 0 radical (unpaired) electrons. The number of benzene rings is 1. The van der Waals surface area contributed by atoms with Crippen LogP contribution in [0.15, 0.2) is 24.3 Å². The van der Waals surface area contributed by atoms with Gasteiger partial charge in [0, 0.05) is 0 Å². The lowest BCUT2D eigenvalue weighted by Gasteiger charge is -2.10. The van der Waals surface area contributed by atoms with E-state index in [-0.39, 0.29) is 0 Å². The average molecular weight is 251 g/mol. The lowest BCUT2D eigenvalue weighted by Crippen LogP contribution is -2.32. The summed E-state index contributed by atoms with van der Waals surface area (Å²) in [6.45, 7) is 5.01.